The zero-order valence-electron chi connectivity index (χ0n) is 15.9. The van der Waals surface area contributed by atoms with Crippen molar-refractivity contribution in [3.8, 4) is 0 Å². The molecule has 0 bridgehead atoms. The van der Waals surface area contributed by atoms with Crippen LogP contribution in [0.5, 0.6) is 0 Å². The summed E-state index contributed by atoms with van der Waals surface area (Å²) in [5.74, 6) is 1.18. The van der Waals surface area contributed by atoms with Crippen molar-refractivity contribution in [1.29, 1.82) is 0 Å². The molecular formula is C22H34O2S. The van der Waals surface area contributed by atoms with Crippen LogP contribution in [0.4, 0.5) is 0 Å². The molecule has 0 aliphatic rings. The van der Waals surface area contributed by atoms with Crippen LogP contribution >= 0.6 is 11.8 Å². The van der Waals surface area contributed by atoms with Crippen LogP contribution in [-0.2, 0) is 9.53 Å². The minimum atomic E-state index is -0.124. The van der Waals surface area contributed by atoms with Gasteiger partial charge in [-0.25, -0.2) is 0 Å². The average Bonchev–Trinajstić information content (AvgIpc) is 2.61. The summed E-state index contributed by atoms with van der Waals surface area (Å²) in [6.45, 7) is 4.45. The molecule has 0 aromatic heterocycles. The molecule has 0 aliphatic carbocycles. The van der Waals surface area contributed by atoms with Gasteiger partial charge in [-0.1, -0.05) is 67.7 Å². The first-order chi connectivity index (χ1) is 12.3. The molecule has 0 saturated carbocycles. The Morgan fingerprint density at radius 1 is 0.760 bits per heavy atom. The number of allylic oxidation sites excluding steroid dienone is 9. The van der Waals surface area contributed by atoms with E-state index in [0.29, 0.717) is 12.4 Å². The minimum absolute atomic E-state index is 0.124. The summed E-state index contributed by atoms with van der Waals surface area (Å²) < 4.78 is 4.87. The van der Waals surface area contributed by atoms with Crippen molar-refractivity contribution in [2.45, 2.75) is 52.4 Å². The summed E-state index contributed by atoms with van der Waals surface area (Å²) in [6.07, 6.45) is 28.3. The second-order valence-electron chi connectivity index (χ2n) is 5.37. The molecule has 25 heavy (non-hydrogen) atoms. The predicted octanol–water partition coefficient (Wildman–Crippen LogP) is 6.42. The highest BCUT2D eigenvalue weighted by molar-refractivity contribution is 8.00. The van der Waals surface area contributed by atoms with Crippen molar-refractivity contribution < 1.29 is 9.53 Å². The van der Waals surface area contributed by atoms with Crippen molar-refractivity contribution in [1.82, 2.24) is 0 Å². The van der Waals surface area contributed by atoms with Crippen LogP contribution < -0.4 is 0 Å². The Labute approximate surface area is 158 Å². The van der Waals surface area contributed by atoms with Crippen molar-refractivity contribution in [2.24, 2.45) is 0 Å². The number of rotatable bonds is 15. The monoisotopic (exact) mass is 362 g/mol. The van der Waals surface area contributed by atoms with Gasteiger partial charge in [0, 0.05) is 5.75 Å². The SMILES string of the molecule is CCC=CCC=CCC=CCC=CCCC=CCSCC(=O)OCC. The number of hydrogen-bond acceptors (Lipinski definition) is 3. The number of hydrogen-bond donors (Lipinski definition) is 0. The van der Waals surface area contributed by atoms with Crippen LogP contribution in [0.25, 0.3) is 0 Å². The Bertz CT molecular complexity index is 445. The fourth-order valence-electron chi connectivity index (χ4n) is 1.89. The van der Waals surface area contributed by atoms with Crippen LogP contribution in [0, 0.1) is 0 Å². The molecule has 0 aromatic carbocycles. The maximum atomic E-state index is 11.1. The number of unbranched alkanes of at least 4 members (excludes halogenated alkanes) is 1. The molecule has 140 valence electrons. The molecule has 3 heteroatoms. The summed E-state index contributed by atoms with van der Waals surface area (Å²) in [4.78, 5) is 11.1. The van der Waals surface area contributed by atoms with E-state index in [1.165, 1.54) is 0 Å². The summed E-state index contributed by atoms with van der Waals surface area (Å²) >= 11 is 1.59. The fourth-order valence-corrected chi connectivity index (χ4v) is 2.53. The Hall–Kier alpha value is -1.48. The van der Waals surface area contributed by atoms with Gasteiger partial charge >= 0.3 is 5.97 Å². The summed E-state index contributed by atoms with van der Waals surface area (Å²) in [6, 6.07) is 0. The maximum absolute atomic E-state index is 11.1. The van der Waals surface area contributed by atoms with Gasteiger partial charge < -0.3 is 4.74 Å². The van der Waals surface area contributed by atoms with Gasteiger partial charge in [-0.15, -0.1) is 11.8 Å². The summed E-state index contributed by atoms with van der Waals surface area (Å²) in [5, 5.41) is 0. The number of thioether (sulfide) groups is 1. The molecule has 0 unspecified atom stereocenters. The lowest BCUT2D eigenvalue weighted by atomic mass is 10.2. The van der Waals surface area contributed by atoms with E-state index in [2.05, 4.69) is 67.7 Å². The number of esters is 1. The minimum Gasteiger partial charge on any atom is -0.465 e. The van der Waals surface area contributed by atoms with E-state index >= 15 is 0 Å². The Balaban J connectivity index is 3.45. The van der Waals surface area contributed by atoms with E-state index < -0.39 is 0 Å². The first kappa shape index (κ1) is 23.5. The van der Waals surface area contributed by atoms with Crippen LogP contribution in [-0.4, -0.2) is 24.1 Å². The van der Waals surface area contributed by atoms with E-state index in [1.54, 1.807) is 11.8 Å². The van der Waals surface area contributed by atoms with Gasteiger partial charge in [-0.2, -0.15) is 0 Å². The molecule has 0 rings (SSSR count). The maximum Gasteiger partial charge on any atom is 0.315 e. The molecular weight excluding hydrogens is 328 g/mol. The molecule has 0 aromatic rings. The van der Waals surface area contributed by atoms with E-state index in [-0.39, 0.29) is 5.97 Å². The normalized spacial score (nSPS) is 12.6. The smallest absolute Gasteiger partial charge is 0.315 e. The van der Waals surface area contributed by atoms with Gasteiger partial charge in [0.15, 0.2) is 0 Å². The van der Waals surface area contributed by atoms with Crippen molar-refractivity contribution in [3.63, 3.8) is 0 Å². The van der Waals surface area contributed by atoms with Crippen molar-refractivity contribution in [3.05, 3.63) is 60.8 Å². The highest BCUT2D eigenvalue weighted by Gasteiger charge is 1.98. The van der Waals surface area contributed by atoms with Crippen molar-refractivity contribution >= 4 is 17.7 Å². The predicted molar refractivity (Wildman–Crippen MR) is 113 cm³/mol. The van der Waals surface area contributed by atoms with E-state index in [1.807, 2.05) is 6.92 Å². The molecule has 0 spiro atoms. The third-order valence-corrected chi connectivity index (χ3v) is 3.99. The lowest BCUT2D eigenvalue weighted by Gasteiger charge is -1.98. The van der Waals surface area contributed by atoms with E-state index in [0.717, 1.165) is 44.3 Å². The van der Waals surface area contributed by atoms with Crippen molar-refractivity contribution in [2.75, 3.05) is 18.1 Å². The lowest BCUT2D eigenvalue weighted by molar-refractivity contribution is -0.139. The second kappa shape index (κ2) is 20.6. The molecule has 0 aliphatic heterocycles. The molecule has 0 fully saturated rings. The molecule has 2 nitrogen and oxygen atoms in total. The lowest BCUT2D eigenvalue weighted by Crippen LogP contribution is -2.06. The molecule has 0 atom stereocenters. The topological polar surface area (TPSA) is 26.3 Å². The molecule has 0 N–H and O–H groups in total. The van der Waals surface area contributed by atoms with Gasteiger partial charge in [0.1, 0.15) is 0 Å². The van der Waals surface area contributed by atoms with Crippen LogP contribution in [0.1, 0.15) is 52.4 Å². The Kier molecular flexibility index (Phi) is 19.3. The first-order valence-corrected chi connectivity index (χ1v) is 10.4. The quantitative estimate of drug-likeness (QED) is 0.191. The fraction of sp³-hybridized carbons (Fsp3) is 0.500. The summed E-state index contributed by atoms with van der Waals surface area (Å²) in [7, 11) is 0. The standard InChI is InChI=1S/C22H34O2S/c1-3-5-6-7-8-9-10-11-12-13-14-15-16-17-18-19-20-25-21-22(23)24-4-2/h5-6,8-9,11-12,14-15,18-19H,3-4,7,10,13,16-17,20-21H2,1-2H3. The zero-order chi connectivity index (χ0) is 18.4. The number of carbonyl (C=O) groups excluding carboxylic acids is 1. The van der Waals surface area contributed by atoms with Gasteiger partial charge in [0.05, 0.1) is 12.4 Å². The van der Waals surface area contributed by atoms with Crippen LogP contribution in [0.3, 0.4) is 0 Å². The third-order valence-electron chi connectivity index (χ3n) is 3.12. The zero-order valence-corrected chi connectivity index (χ0v) is 16.7. The highest BCUT2D eigenvalue weighted by atomic mass is 32.2. The van der Waals surface area contributed by atoms with Gasteiger partial charge in [-0.3, -0.25) is 4.79 Å². The number of carbonyl (C=O) groups is 1. The van der Waals surface area contributed by atoms with Gasteiger partial charge in [-0.05, 0) is 45.4 Å². The molecule has 0 radical (unpaired) electrons. The third kappa shape index (κ3) is 20.5. The second-order valence-corrected chi connectivity index (χ2v) is 6.40. The number of ether oxygens (including phenoxy) is 1. The van der Waals surface area contributed by atoms with Gasteiger partial charge in [0.25, 0.3) is 0 Å². The van der Waals surface area contributed by atoms with Gasteiger partial charge in [0.2, 0.25) is 0 Å². The van der Waals surface area contributed by atoms with E-state index in [4.69, 9.17) is 4.74 Å². The Morgan fingerprint density at radius 2 is 1.28 bits per heavy atom. The molecule has 0 amide bonds. The Morgan fingerprint density at radius 3 is 1.84 bits per heavy atom. The van der Waals surface area contributed by atoms with Crippen LogP contribution in [0.2, 0.25) is 0 Å². The average molecular weight is 363 g/mol. The first-order valence-electron chi connectivity index (χ1n) is 9.29. The highest BCUT2D eigenvalue weighted by Crippen LogP contribution is 2.03. The largest absolute Gasteiger partial charge is 0.465 e. The summed E-state index contributed by atoms with van der Waals surface area (Å²) in [5.41, 5.74) is 0. The molecule has 0 saturated heterocycles. The molecule has 0 heterocycles. The van der Waals surface area contributed by atoms with Crippen LogP contribution in [0.15, 0.2) is 60.8 Å². The van der Waals surface area contributed by atoms with E-state index in [9.17, 15) is 4.79 Å².